The van der Waals surface area contributed by atoms with Gasteiger partial charge in [-0.1, -0.05) is 41.9 Å². The first kappa shape index (κ1) is 18.5. The predicted octanol–water partition coefficient (Wildman–Crippen LogP) is 4.16. The summed E-state index contributed by atoms with van der Waals surface area (Å²) in [5, 5.41) is 7.10. The molecule has 0 aliphatic carbocycles. The molecule has 8 heteroatoms. The molecule has 0 saturated carbocycles. The number of para-hydroxylation sites is 2. The predicted molar refractivity (Wildman–Crippen MR) is 112 cm³/mol. The zero-order valence-corrected chi connectivity index (χ0v) is 16.3. The highest BCUT2D eigenvalue weighted by atomic mass is 35.5. The summed E-state index contributed by atoms with van der Waals surface area (Å²) < 4.78 is 5.44. The summed E-state index contributed by atoms with van der Waals surface area (Å²) in [5.41, 5.74) is 2.80. The maximum atomic E-state index is 6.28. The van der Waals surface area contributed by atoms with E-state index >= 15 is 0 Å². The molecule has 0 spiro atoms. The third-order valence-electron chi connectivity index (χ3n) is 4.43. The van der Waals surface area contributed by atoms with Crippen molar-refractivity contribution in [2.24, 2.45) is 0 Å². The van der Waals surface area contributed by atoms with E-state index in [1.807, 2.05) is 55.5 Å². The normalized spacial score (nSPS) is 14.0. The molecule has 0 radical (unpaired) electrons. The third kappa shape index (κ3) is 4.32. The highest BCUT2D eigenvalue weighted by Crippen LogP contribution is 2.26. The average molecular weight is 397 g/mol. The molecule has 4 rings (SSSR count). The number of hydrogen-bond donors (Lipinski definition) is 2. The first-order valence-corrected chi connectivity index (χ1v) is 9.50. The van der Waals surface area contributed by atoms with Gasteiger partial charge in [0.1, 0.15) is 0 Å². The van der Waals surface area contributed by atoms with Crippen LogP contribution in [0.15, 0.2) is 48.5 Å². The Hall–Kier alpha value is -2.90. The maximum absolute atomic E-state index is 6.28. The zero-order chi connectivity index (χ0) is 19.3. The van der Waals surface area contributed by atoms with Crippen LogP contribution in [0.2, 0.25) is 5.02 Å². The summed E-state index contributed by atoms with van der Waals surface area (Å²) in [4.78, 5) is 15.8. The molecule has 1 aromatic heterocycles. The SMILES string of the molecule is Cc1ccccc1Nc1nc(Nc2ccccc2Cl)nc(N2CCOCC2)n1. The molecule has 28 heavy (non-hydrogen) atoms. The number of benzene rings is 2. The Bertz CT molecular complexity index is 895. The van der Waals surface area contributed by atoms with Crippen molar-refractivity contribution in [3.8, 4) is 0 Å². The standard InChI is InChI=1S/C20H21ClN6O/c1-14-6-2-4-8-16(14)22-18-24-19(23-17-9-5-3-7-15(17)21)26-20(25-18)27-10-12-28-13-11-27/h2-9H,10-13H2,1H3,(H2,22,23,24,25,26). The van der Waals surface area contributed by atoms with Crippen LogP contribution >= 0.6 is 11.6 Å². The molecule has 1 fully saturated rings. The lowest BCUT2D eigenvalue weighted by atomic mass is 10.2. The summed E-state index contributed by atoms with van der Waals surface area (Å²) in [6, 6.07) is 15.5. The molecule has 0 bridgehead atoms. The molecule has 0 amide bonds. The van der Waals surface area contributed by atoms with Gasteiger partial charge in [0.05, 0.1) is 23.9 Å². The molecular weight excluding hydrogens is 376 g/mol. The first-order chi connectivity index (χ1) is 13.7. The van der Waals surface area contributed by atoms with Gasteiger partial charge in [-0.25, -0.2) is 0 Å². The highest BCUT2D eigenvalue weighted by Gasteiger charge is 2.17. The monoisotopic (exact) mass is 396 g/mol. The van der Waals surface area contributed by atoms with Crippen molar-refractivity contribution in [2.45, 2.75) is 6.92 Å². The van der Waals surface area contributed by atoms with Crippen LogP contribution in [0.25, 0.3) is 0 Å². The number of nitrogens with zero attached hydrogens (tertiary/aromatic N) is 4. The van der Waals surface area contributed by atoms with Crippen molar-refractivity contribution in [1.29, 1.82) is 0 Å². The fourth-order valence-corrected chi connectivity index (χ4v) is 3.08. The largest absolute Gasteiger partial charge is 0.378 e. The van der Waals surface area contributed by atoms with E-state index in [2.05, 4.69) is 30.5 Å². The van der Waals surface area contributed by atoms with Crippen LogP contribution < -0.4 is 15.5 Å². The minimum absolute atomic E-state index is 0.431. The van der Waals surface area contributed by atoms with E-state index in [1.54, 1.807) is 0 Å². The average Bonchev–Trinajstić information content (AvgIpc) is 2.72. The Balaban J connectivity index is 1.68. The fraction of sp³-hybridized carbons (Fsp3) is 0.250. The van der Waals surface area contributed by atoms with E-state index in [-0.39, 0.29) is 0 Å². The number of anilines is 5. The second kappa shape index (κ2) is 8.41. The number of ether oxygens (including phenoxy) is 1. The summed E-state index contributed by atoms with van der Waals surface area (Å²) in [6.45, 7) is 4.81. The lowest BCUT2D eigenvalue weighted by molar-refractivity contribution is 0.122. The van der Waals surface area contributed by atoms with Gasteiger partial charge in [-0.05, 0) is 30.7 Å². The Morgan fingerprint density at radius 1 is 0.857 bits per heavy atom. The van der Waals surface area contributed by atoms with Crippen LogP contribution in [0.1, 0.15) is 5.56 Å². The van der Waals surface area contributed by atoms with E-state index in [4.69, 9.17) is 16.3 Å². The molecule has 1 saturated heterocycles. The molecule has 0 atom stereocenters. The molecule has 1 aliphatic rings. The second-order valence-corrected chi connectivity index (χ2v) is 6.83. The van der Waals surface area contributed by atoms with Crippen molar-refractivity contribution >= 4 is 40.8 Å². The Morgan fingerprint density at radius 2 is 1.46 bits per heavy atom. The Labute approximate surface area is 168 Å². The third-order valence-corrected chi connectivity index (χ3v) is 4.76. The fourth-order valence-electron chi connectivity index (χ4n) is 2.90. The molecule has 144 valence electrons. The van der Waals surface area contributed by atoms with Gasteiger partial charge in [0.25, 0.3) is 0 Å². The minimum atomic E-state index is 0.431. The quantitative estimate of drug-likeness (QED) is 0.670. The van der Waals surface area contributed by atoms with Gasteiger partial charge in [-0.15, -0.1) is 0 Å². The van der Waals surface area contributed by atoms with Gasteiger partial charge in [-0.2, -0.15) is 15.0 Å². The second-order valence-electron chi connectivity index (χ2n) is 6.43. The van der Waals surface area contributed by atoms with Gasteiger partial charge in [0, 0.05) is 18.8 Å². The Morgan fingerprint density at radius 3 is 2.14 bits per heavy atom. The van der Waals surface area contributed by atoms with E-state index in [0.29, 0.717) is 36.1 Å². The molecule has 3 aromatic rings. The number of aromatic nitrogens is 3. The van der Waals surface area contributed by atoms with E-state index in [0.717, 1.165) is 30.0 Å². The van der Waals surface area contributed by atoms with Crippen molar-refractivity contribution in [3.63, 3.8) is 0 Å². The molecule has 0 unspecified atom stereocenters. The van der Waals surface area contributed by atoms with Crippen molar-refractivity contribution < 1.29 is 4.74 Å². The van der Waals surface area contributed by atoms with Crippen LogP contribution in [0.3, 0.4) is 0 Å². The van der Waals surface area contributed by atoms with E-state index in [1.165, 1.54) is 0 Å². The molecule has 2 N–H and O–H groups in total. The van der Waals surface area contributed by atoms with Gasteiger partial charge >= 0.3 is 0 Å². The molecule has 2 heterocycles. The van der Waals surface area contributed by atoms with Crippen LogP contribution in [0.5, 0.6) is 0 Å². The maximum Gasteiger partial charge on any atom is 0.233 e. The van der Waals surface area contributed by atoms with Crippen molar-refractivity contribution in [1.82, 2.24) is 15.0 Å². The summed E-state index contributed by atoms with van der Waals surface area (Å²) in [6.07, 6.45) is 0. The van der Waals surface area contributed by atoms with Gasteiger partial charge in [-0.3, -0.25) is 0 Å². The topological polar surface area (TPSA) is 75.2 Å². The molecular formula is C20H21ClN6O. The lowest BCUT2D eigenvalue weighted by Gasteiger charge is -2.27. The lowest BCUT2D eigenvalue weighted by Crippen LogP contribution is -2.37. The van der Waals surface area contributed by atoms with Crippen molar-refractivity contribution in [3.05, 3.63) is 59.1 Å². The Kier molecular flexibility index (Phi) is 5.55. The zero-order valence-electron chi connectivity index (χ0n) is 15.5. The smallest absolute Gasteiger partial charge is 0.233 e. The minimum Gasteiger partial charge on any atom is -0.378 e. The number of aryl methyl sites for hydroxylation is 1. The number of nitrogens with one attached hydrogen (secondary N) is 2. The molecule has 2 aromatic carbocycles. The van der Waals surface area contributed by atoms with Gasteiger partial charge in [0.15, 0.2) is 0 Å². The number of rotatable bonds is 5. The summed E-state index contributed by atoms with van der Waals surface area (Å²) >= 11 is 6.28. The van der Waals surface area contributed by atoms with Crippen LogP contribution in [0, 0.1) is 6.92 Å². The van der Waals surface area contributed by atoms with Crippen LogP contribution in [-0.2, 0) is 4.74 Å². The summed E-state index contributed by atoms with van der Waals surface area (Å²) in [5.74, 6) is 1.50. The van der Waals surface area contributed by atoms with Crippen LogP contribution in [-0.4, -0.2) is 41.3 Å². The summed E-state index contributed by atoms with van der Waals surface area (Å²) in [7, 11) is 0. The molecule has 1 aliphatic heterocycles. The van der Waals surface area contributed by atoms with E-state index < -0.39 is 0 Å². The first-order valence-electron chi connectivity index (χ1n) is 9.12. The number of hydrogen-bond acceptors (Lipinski definition) is 7. The van der Waals surface area contributed by atoms with E-state index in [9.17, 15) is 0 Å². The van der Waals surface area contributed by atoms with Gasteiger partial charge in [0.2, 0.25) is 17.8 Å². The van der Waals surface area contributed by atoms with Crippen LogP contribution in [0.4, 0.5) is 29.2 Å². The number of halogens is 1. The highest BCUT2D eigenvalue weighted by molar-refractivity contribution is 6.33. The molecule has 7 nitrogen and oxygen atoms in total. The number of morpholine rings is 1. The van der Waals surface area contributed by atoms with Gasteiger partial charge < -0.3 is 20.3 Å². The van der Waals surface area contributed by atoms with Crippen molar-refractivity contribution in [2.75, 3.05) is 41.8 Å².